The summed E-state index contributed by atoms with van der Waals surface area (Å²) < 4.78 is 6.31. The summed E-state index contributed by atoms with van der Waals surface area (Å²) in [6, 6.07) is 0. The molecule has 1 aliphatic carbocycles. The summed E-state index contributed by atoms with van der Waals surface area (Å²) in [6.45, 7) is 13.5. The number of hydrogen-bond donors (Lipinski definition) is 1. The molecule has 0 aromatic rings. The van der Waals surface area contributed by atoms with Crippen LogP contribution >= 0.6 is 0 Å². The van der Waals surface area contributed by atoms with Crippen molar-refractivity contribution < 1.29 is 4.43 Å². The lowest BCUT2D eigenvalue weighted by atomic mass is 9.82. The van der Waals surface area contributed by atoms with E-state index < -0.39 is 8.32 Å². The molecular weight excluding hydrogens is 226 g/mol. The van der Waals surface area contributed by atoms with E-state index in [-0.39, 0.29) is 0 Å². The first kappa shape index (κ1) is 15.2. The highest BCUT2D eigenvalue weighted by Gasteiger charge is 2.37. The second-order valence-electron chi connectivity index (χ2n) is 7.19. The SMILES string of the molecule is CC(C)(C)[Si](C)(C)OC[C@H]1CC[C@@H](CN)CC1. The van der Waals surface area contributed by atoms with Gasteiger partial charge in [-0.3, -0.25) is 0 Å². The molecule has 0 saturated heterocycles. The second-order valence-corrected chi connectivity index (χ2v) is 12.0. The lowest BCUT2D eigenvalue weighted by molar-refractivity contribution is 0.173. The summed E-state index contributed by atoms with van der Waals surface area (Å²) in [5, 5.41) is 0.335. The van der Waals surface area contributed by atoms with Crippen LogP contribution in [0.1, 0.15) is 46.5 Å². The second kappa shape index (κ2) is 5.85. The molecule has 3 heteroatoms. The summed E-state index contributed by atoms with van der Waals surface area (Å²) >= 11 is 0. The van der Waals surface area contributed by atoms with E-state index in [0.717, 1.165) is 25.0 Å². The van der Waals surface area contributed by atoms with Gasteiger partial charge in [0.1, 0.15) is 0 Å². The van der Waals surface area contributed by atoms with Crippen molar-refractivity contribution in [2.75, 3.05) is 13.2 Å². The van der Waals surface area contributed by atoms with Crippen LogP contribution in [-0.2, 0) is 4.43 Å². The number of rotatable bonds is 4. The Morgan fingerprint density at radius 3 is 1.94 bits per heavy atom. The zero-order chi connectivity index (χ0) is 13.1. The fourth-order valence-corrected chi connectivity index (χ4v) is 3.26. The van der Waals surface area contributed by atoms with Gasteiger partial charge in [-0.1, -0.05) is 20.8 Å². The van der Waals surface area contributed by atoms with E-state index in [1.54, 1.807) is 0 Å². The fraction of sp³-hybridized carbons (Fsp3) is 1.00. The molecule has 17 heavy (non-hydrogen) atoms. The van der Waals surface area contributed by atoms with Crippen molar-refractivity contribution in [3.63, 3.8) is 0 Å². The van der Waals surface area contributed by atoms with Gasteiger partial charge in [0.05, 0.1) is 0 Å². The molecule has 2 N–H and O–H groups in total. The van der Waals surface area contributed by atoms with Crippen LogP contribution in [0.15, 0.2) is 0 Å². The minimum Gasteiger partial charge on any atom is -0.417 e. The summed E-state index contributed by atoms with van der Waals surface area (Å²) in [5.41, 5.74) is 5.72. The minimum atomic E-state index is -1.54. The largest absolute Gasteiger partial charge is 0.417 e. The maximum Gasteiger partial charge on any atom is 0.191 e. The Bertz CT molecular complexity index is 227. The van der Waals surface area contributed by atoms with Crippen LogP contribution in [0.2, 0.25) is 18.1 Å². The molecule has 1 fully saturated rings. The van der Waals surface area contributed by atoms with Crippen LogP contribution in [0.25, 0.3) is 0 Å². The fourth-order valence-electron chi connectivity index (χ4n) is 2.18. The maximum absolute atomic E-state index is 6.31. The van der Waals surface area contributed by atoms with Crippen molar-refractivity contribution in [3.8, 4) is 0 Å². The lowest BCUT2D eigenvalue weighted by Gasteiger charge is -2.38. The standard InChI is InChI=1S/C14H31NOSi/c1-14(2,3)17(4,5)16-11-13-8-6-12(10-15)7-9-13/h12-13H,6-11,15H2,1-5H3/t12-,13+. The molecule has 0 radical (unpaired) electrons. The van der Waals surface area contributed by atoms with Crippen molar-refractivity contribution in [1.82, 2.24) is 0 Å². The third-order valence-electron chi connectivity index (χ3n) is 4.79. The van der Waals surface area contributed by atoms with Crippen LogP contribution in [0.5, 0.6) is 0 Å². The highest BCUT2D eigenvalue weighted by molar-refractivity contribution is 6.74. The molecular formula is C14H31NOSi. The third-order valence-corrected chi connectivity index (χ3v) is 9.29. The van der Waals surface area contributed by atoms with Crippen LogP contribution < -0.4 is 5.73 Å². The first-order valence-electron chi connectivity index (χ1n) is 7.10. The van der Waals surface area contributed by atoms with E-state index >= 15 is 0 Å². The van der Waals surface area contributed by atoms with Crippen molar-refractivity contribution >= 4 is 8.32 Å². The van der Waals surface area contributed by atoms with E-state index in [4.69, 9.17) is 10.2 Å². The Labute approximate surface area is 108 Å². The molecule has 0 unspecified atom stereocenters. The molecule has 0 aromatic heterocycles. The first-order chi connectivity index (χ1) is 7.76. The summed E-state index contributed by atoms with van der Waals surface area (Å²) in [7, 11) is -1.54. The van der Waals surface area contributed by atoms with E-state index in [0.29, 0.717) is 5.04 Å². The Balaban J connectivity index is 2.33. The van der Waals surface area contributed by atoms with Gasteiger partial charge in [-0.2, -0.15) is 0 Å². The monoisotopic (exact) mass is 257 g/mol. The van der Waals surface area contributed by atoms with Gasteiger partial charge in [-0.15, -0.1) is 0 Å². The van der Waals surface area contributed by atoms with Gasteiger partial charge in [0, 0.05) is 6.61 Å². The van der Waals surface area contributed by atoms with Gasteiger partial charge < -0.3 is 10.2 Å². The zero-order valence-electron chi connectivity index (χ0n) is 12.4. The van der Waals surface area contributed by atoms with Crippen LogP contribution in [0.3, 0.4) is 0 Å². The van der Waals surface area contributed by atoms with Crippen LogP contribution in [0.4, 0.5) is 0 Å². The van der Waals surface area contributed by atoms with Crippen LogP contribution in [-0.4, -0.2) is 21.5 Å². The molecule has 102 valence electrons. The molecule has 0 bridgehead atoms. The molecule has 0 heterocycles. The Kier molecular flexibility index (Phi) is 5.23. The topological polar surface area (TPSA) is 35.2 Å². The molecule has 1 rings (SSSR count). The molecule has 0 amide bonds. The van der Waals surface area contributed by atoms with Gasteiger partial charge in [0.25, 0.3) is 0 Å². The summed E-state index contributed by atoms with van der Waals surface area (Å²) in [6.07, 6.45) is 5.25. The Hall–Kier alpha value is 0.137. The van der Waals surface area contributed by atoms with Gasteiger partial charge in [-0.25, -0.2) is 0 Å². The average molecular weight is 257 g/mol. The van der Waals surface area contributed by atoms with Crippen molar-refractivity contribution in [3.05, 3.63) is 0 Å². The van der Waals surface area contributed by atoms with Crippen LogP contribution in [0, 0.1) is 11.8 Å². The van der Waals surface area contributed by atoms with Crippen molar-refractivity contribution in [2.45, 2.75) is 64.6 Å². The predicted molar refractivity (Wildman–Crippen MR) is 77.7 cm³/mol. The molecule has 1 saturated carbocycles. The maximum atomic E-state index is 6.31. The Morgan fingerprint density at radius 1 is 1.06 bits per heavy atom. The van der Waals surface area contributed by atoms with E-state index in [9.17, 15) is 0 Å². The molecule has 0 atom stereocenters. The van der Waals surface area contributed by atoms with Crippen molar-refractivity contribution in [2.24, 2.45) is 17.6 Å². The van der Waals surface area contributed by atoms with E-state index in [1.807, 2.05) is 0 Å². The Morgan fingerprint density at radius 2 is 1.53 bits per heavy atom. The first-order valence-corrected chi connectivity index (χ1v) is 10.0. The molecule has 0 aromatic carbocycles. The summed E-state index contributed by atoms with van der Waals surface area (Å²) in [5.74, 6) is 1.56. The van der Waals surface area contributed by atoms with E-state index in [1.165, 1.54) is 25.7 Å². The third kappa shape index (κ3) is 4.38. The molecule has 1 aliphatic rings. The van der Waals surface area contributed by atoms with Gasteiger partial charge in [-0.05, 0) is 62.2 Å². The van der Waals surface area contributed by atoms with Gasteiger partial charge >= 0.3 is 0 Å². The minimum absolute atomic E-state index is 0.335. The molecule has 0 aliphatic heterocycles. The summed E-state index contributed by atoms with van der Waals surface area (Å²) in [4.78, 5) is 0. The zero-order valence-corrected chi connectivity index (χ0v) is 13.4. The normalized spacial score (nSPS) is 27.2. The number of nitrogens with two attached hydrogens (primary N) is 1. The number of hydrogen-bond acceptors (Lipinski definition) is 2. The quantitative estimate of drug-likeness (QED) is 0.778. The van der Waals surface area contributed by atoms with Gasteiger partial charge in [0.15, 0.2) is 8.32 Å². The lowest BCUT2D eigenvalue weighted by Crippen LogP contribution is -2.42. The average Bonchev–Trinajstić information content (AvgIpc) is 2.25. The van der Waals surface area contributed by atoms with E-state index in [2.05, 4.69) is 33.9 Å². The smallest absolute Gasteiger partial charge is 0.191 e. The molecule has 0 spiro atoms. The highest BCUT2D eigenvalue weighted by atomic mass is 28.4. The van der Waals surface area contributed by atoms with Crippen molar-refractivity contribution in [1.29, 1.82) is 0 Å². The van der Waals surface area contributed by atoms with Gasteiger partial charge in [0.2, 0.25) is 0 Å². The molecule has 2 nitrogen and oxygen atoms in total. The predicted octanol–water partition coefficient (Wildman–Crippen LogP) is 3.77. The highest BCUT2D eigenvalue weighted by Crippen LogP contribution is 2.38.